The number of hydrogen-bond acceptors (Lipinski definition) is 4. The van der Waals surface area contributed by atoms with Crippen LogP contribution in [0.3, 0.4) is 0 Å². The van der Waals surface area contributed by atoms with Crippen LogP contribution in [0, 0.1) is 5.41 Å². The molecule has 0 atom stereocenters. The molecule has 1 saturated carbocycles. The van der Waals surface area contributed by atoms with Crippen LogP contribution in [0.25, 0.3) is 0 Å². The first kappa shape index (κ1) is 24.4. The van der Waals surface area contributed by atoms with E-state index < -0.39 is 0 Å². The van der Waals surface area contributed by atoms with Crippen LogP contribution in [0.5, 0.6) is 5.75 Å². The number of methoxy groups -OCH3 is 1. The summed E-state index contributed by atoms with van der Waals surface area (Å²) < 4.78 is 11.0. The highest BCUT2D eigenvalue weighted by Gasteiger charge is 2.42. The molecule has 32 heavy (non-hydrogen) atoms. The number of carbonyl (C=O) groups is 1. The molecule has 7 heteroatoms. The summed E-state index contributed by atoms with van der Waals surface area (Å²) in [5.41, 5.74) is 0.906. The lowest BCUT2D eigenvalue weighted by atomic mass is 9.74. The van der Waals surface area contributed by atoms with E-state index in [-0.39, 0.29) is 16.7 Å². The zero-order valence-corrected chi connectivity index (χ0v) is 20.2. The molecule has 2 fully saturated rings. The van der Waals surface area contributed by atoms with Crippen LogP contribution in [-0.4, -0.2) is 70.8 Å². The monoisotopic (exact) mass is 444 g/mol. The van der Waals surface area contributed by atoms with E-state index in [2.05, 4.69) is 29.7 Å². The fourth-order valence-electron chi connectivity index (χ4n) is 5.07. The maximum atomic E-state index is 12.9. The Hall–Kier alpha value is -2.28. The summed E-state index contributed by atoms with van der Waals surface area (Å²) in [5, 5.41) is 6.98. The standard InChI is InChI=1S/C25H40N4O3/c1-5-26-23(28-19-25(12-6-7-13-25)22(30)29(2)3)27-18-24(14-16-32-17-15-24)20-8-10-21(31-4)11-9-20/h8-11H,5-7,12-19H2,1-4H3,(H2,26,27,28). The number of amides is 1. The Balaban J connectivity index is 1.76. The summed E-state index contributed by atoms with van der Waals surface area (Å²) in [7, 11) is 5.39. The number of nitrogens with zero attached hydrogens (tertiary/aromatic N) is 2. The highest BCUT2D eigenvalue weighted by atomic mass is 16.5. The van der Waals surface area contributed by atoms with Crippen molar-refractivity contribution in [2.75, 3.05) is 54.1 Å². The van der Waals surface area contributed by atoms with Crippen LogP contribution >= 0.6 is 0 Å². The minimum Gasteiger partial charge on any atom is -0.497 e. The summed E-state index contributed by atoms with van der Waals surface area (Å²) in [6.45, 7) is 5.64. The van der Waals surface area contributed by atoms with E-state index in [0.29, 0.717) is 6.54 Å². The maximum Gasteiger partial charge on any atom is 0.230 e. The van der Waals surface area contributed by atoms with Gasteiger partial charge in [-0.25, -0.2) is 0 Å². The number of aliphatic imine (C=N–C) groups is 1. The van der Waals surface area contributed by atoms with Gasteiger partial charge >= 0.3 is 0 Å². The van der Waals surface area contributed by atoms with Gasteiger partial charge < -0.3 is 25.0 Å². The van der Waals surface area contributed by atoms with E-state index in [0.717, 1.165) is 76.5 Å². The fraction of sp³-hybridized carbons (Fsp3) is 0.680. The van der Waals surface area contributed by atoms with E-state index >= 15 is 0 Å². The van der Waals surface area contributed by atoms with Gasteiger partial charge in [-0.15, -0.1) is 0 Å². The van der Waals surface area contributed by atoms with Crippen LogP contribution in [-0.2, 0) is 14.9 Å². The average Bonchev–Trinajstić information content (AvgIpc) is 3.31. The lowest BCUT2D eigenvalue weighted by Gasteiger charge is -2.38. The second-order valence-corrected chi connectivity index (χ2v) is 9.36. The van der Waals surface area contributed by atoms with Gasteiger partial charge in [0.2, 0.25) is 5.91 Å². The largest absolute Gasteiger partial charge is 0.497 e. The smallest absolute Gasteiger partial charge is 0.230 e. The molecule has 1 saturated heterocycles. The molecule has 1 aromatic rings. The lowest BCUT2D eigenvalue weighted by Crippen LogP contribution is -2.48. The summed E-state index contributed by atoms with van der Waals surface area (Å²) in [4.78, 5) is 19.6. The molecule has 178 valence electrons. The van der Waals surface area contributed by atoms with Gasteiger partial charge in [0.25, 0.3) is 0 Å². The lowest BCUT2D eigenvalue weighted by molar-refractivity contribution is -0.138. The Morgan fingerprint density at radius 1 is 1.09 bits per heavy atom. The highest BCUT2D eigenvalue weighted by Crippen LogP contribution is 2.40. The number of carbonyl (C=O) groups excluding carboxylic acids is 1. The molecule has 1 aliphatic carbocycles. The number of rotatable bonds is 8. The third kappa shape index (κ3) is 5.55. The van der Waals surface area contributed by atoms with Gasteiger partial charge in [0, 0.05) is 45.8 Å². The van der Waals surface area contributed by atoms with Crippen molar-refractivity contribution in [1.82, 2.24) is 15.5 Å². The van der Waals surface area contributed by atoms with E-state index in [9.17, 15) is 4.79 Å². The topological polar surface area (TPSA) is 75.2 Å². The molecule has 1 amide bonds. The summed E-state index contributed by atoms with van der Waals surface area (Å²) in [5.74, 6) is 1.85. The zero-order chi connectivity index (χ0) is 23.0. The van der Waals surface area contributed by atoms with Gasteiger partial charge in [-0.1, -0.05) is 25.0 Å². The molecule has 2 aliphatic rings. The Morgan fingerprint density at radius 2 is 1.75 bits per heavy atom. The van der Waals surface area contributed by atoms with Gasteiger partial charge in [-0.2, -0.15) is 0 Å². The Labute approximate surface area is 192 Å². The number of guanidine groups is 1. The fourth-order valence-corrected chi connectivity index (χ4v) is 5.07. The van der Waals surface area contributed by atoms with Crippen LogP contribution in [0.15, 0.2) is 29.3 Å². The summed E-state index contributed by atoms with van der Waals surface area (Å²) >= 11 is 0. The SMILES string of the molecule is CCNC(=NCC1(C(=O)N(C)C)CCCC1)NCC1(c2ccc(OC)cc2)CCOCC1. The molecule has 0 spiro atoms. The van der Waals surface area contributed by atoms with Crippen molar-refractivity contribution in [3.05, 3.63) is 29.8 Å². The van der Waals surface area contributed by atoms with Crippen LogP contribution in [0.4, 0.5) is 0 Å². The number of benzene rings is 1. The van der Waals surface area contributed by atoms with Gasteiger partial charge in [-0.05, 0) is 50.3 Å². The molecule has 0 unspecified atom stereocenters. The minimum atomic E-state index is -0.363. The molecule has 1 aliphatic heterocycles. The highest BCUT2D eigenvalue weighted by molar-refractivity contribution is 5.84. The Morgan fingerprint density at radius 3 is 2.31 bits per heavy atom. The van der Waals surface area contributed by atoms with Crippen molar-refractivity contribution in [2.45, 2.75) is 50.9 Å². The van der Waals surface area contributed by atoms with Crippen LogP contribution < -0.4 is 15.4 Å². The average molecular weight is 445 g/mol. The molecule has 0 bridgehead atoms. The summed E-state index contributed by atoms with van der Waals surface area (Å²) in [6.07, 6.45) is 5.93. The molecule has 2 N–H and O–H groups in total. The second-order valence-electron chi connectivity index (χ2n) is 9.36. The first-order chi connectivity index (χ1) is 15.4. The van der Waals surface area contributed by atoms with Gasteiger partial charge in [0.1, 0.15) is 5.75 Å². The first-order valence-electron chi connectivity index (χ1n) is 11.9. The molecule has 7 nitrogen and oxygen atoms in total. The van der Waals surface area contributed by atoms with Gasteiger partial charge in [-0.3, -0.25) is 9.79 Å². The van der Waals surface area contributed by atoms with Crippen molar-refractivity contribution in [3.63, 3.8) is 0 Å². The maximum absolute atomic E-state index is 12.9. The van der Waals surface area contributed by atoms with E-state index in [1.54, 1.807) is 12.0 Å². The van der Waals surface area contributed by atoms with Crippen LogP contribution in [0.1, 0.15) is 51.0 Å². The Kier molecular flexibility index (Phi) is 8.40. The normalized spacial score (nSPS) is 19.9. The van der Waals surface area contributed by atoms with E-state index in [4.69, 9.17) is 14.5 Å². The molecular weight excluding hydrogens is 404 g/mol. The minimum absolute atomic E-state index is 0.0226. The molecule has 3 rings (SSSR count). The van der Waals surface area contributed by atoms with Crippen molar-refractivity contribution in [1.29, 1.82) is 0 Å². The van der Waals surface area contributed by atoms with Gasteiger partial charge in [0.15, 0.2) is 5.96 Å². The third-order valence-electron chi connectivity index (χ3n) is 7.05. The molecular formula is C25H40N4O3. The van der Waals surface area contributed by atoms with Gasteiger partial charge in [0.05, 0.1) is 19.1 Å². The molecule has 1 heterocycles. The zero-order valence-electron chi connectivity index (χ0n) is 20.2. The first-order valence-corrected chi connectivity index (χ1v) is 11.9. The Bertz CT molecular complexity index is 764. The van der Waals surface area contributed by atoms with E-state index in [1.807, 2.05) is 26.2 Å². The van der Waals surface area contributed by atoms with Crippen molar-refractivity contribution < 1.29 is 14.3 Å². The van der Waals surface area contributed by atoms with Crippen molar-refractivity contribution in [2.24, 2.45) is 10.4 Å². The molecule has 0 radical (unpaired) electrons. The number of nitrogens with one attached hydrogen (secondary N) is 2. The predicted octanol–water partition coefficient (Wildman–Crippen LogP) is 2.95. The quantitative estimate of drug-likeness (QED) is 0.476. The van der Waals surface area contributed by atoms with Crippen molar-refractivity contribution >= 4 is 11.9 Å². The second kappa shape index (κ2) is 11.0. The molecule has 1 aromatic carbocycles. The predicted molar refractivity (Wildman–Crippen MR) is 128 cm³/mol. The number of hydrogen-bond donors (Lipinski definition) is 2. The van der Waals surface area contributed by atoms with E-state index in [1.165, 1.54) is 5.56 Å². The van der Waals surface area contributed by atoms with Crippen molar-refractivity contribution in [3.8, 4) is 5.75 Å². The summed E-state index contributed by atoms with van der Waals surface area (Å²) in [6, 6.07) is 8.39. The number of ether oxygens (including phenoxy) is 2. The van der Waals surface area contributed by atoms with Crippen LogP contribution in [0.2, 0.25) is 0 Å². The third-order valence-corrected chi connectivity index (χ3v) is 7.05. The molecule has 0 aromatic heterocycles.